The Morgan fingerprint density at radius 3 is 0.680 bits per heavy atom. The summed E-state index contributed by atoms with van der Waals surface area (Å²) >= 11 is 0. The van der Waals surface area contributed by atoms with Crippen molar-refractivity contribution in [2.24, 2.45) is 0 Å². The maximum atomic E-state index is 9.75. The smallest absolute Gasteiger partial charge is 0.496 e. The molecule has 0 bridgehead atoms. The van der Waals surface area contributed by atoms with Crippen molar-refractivity contribution in [2.45, 2.75) is 95.4 Å². The predicted molar refractivity (Wildman–Crippen MR) is 366 cm³/mol. The van der Waals surface area contributed by atoms with Crippen LogP contribution < -0.4 is 18.9 Å². The quantitative estimate of drug-likeness (QED) is 0.0758. The van der Waals surface area contributed by atoms with Crippen molar-refractivity contribution in [3.63, 3.8) is 0 Å². The second-order valence-electron chi connectivity index (χ2n) is 22.4. The topological polar surface area (TPSA) is 156 Å². The number of nitriles is 2. The Bertz CT molecular complexity index is 4210. The van der Waals surface area contributed by atoms with Crippen LogP contribution in [0.3, 0.4) is 0 Å². The summed E-state index contributed by atoms with van der Waals surface area (Å²) in [6.07, 6.45) is 7.63. The Morgan fingerprint density at radius 1 is 0.351 bits per heavy atom. The van der Waals surface area contributed by atoms with Gasteiger partial charge in [0.2, 0.25) is 0 Å². The van der Waals surface area contributed by atoms with Crippen molar-refractivity contribution < 1.29 is 70.3 Å². The molecule has 1 radical (unpaired) electrons. The maximum Gasteiger partial charge on any atom is 2.00 e. The number of imidazole rings is 4. The SMILES string of the molecule is CC#N.CC#N.COc1c(Cn2cnc3ccccc32)cc(C)c(C)c1-c1c(C)c(C)cc(Cn2cnc3ccccc32)c1OC.COc1c(Cn2cnc3ccccc32)cc(C)c(C)c1-c1c(C)c(C)cc(Cn2cnc3ccccc32)c1OC.F[B-](F)(F)F.F[B-](F)(F)F.[Co+2]. The third-order valence-electron chi connectivity index (χ3n) is 16.3. The van der Waals surface area contributed by atoms with Gasteiger partial charge in [0.25, 0.3) is 0 Å². The summed E-state index contributed by atoms with van der Waals surface area (Å²) in [5.41, 5.74) is 26.6. The fourth-order valence-corrected chi connectivity index (χ4v) is 11.7. The summed E-state index contributed by atoms with van der Waals surface area (Å²) < 4.78 is 112. The first-order chi connectivity index (χ1) is 45.6. The van der Waals surface area contributed by atoms with Crippen LogP contribution in [0.15, 0.2) is 147 Å². The van der Waals surface area contributed by atoms with E-state index in [4.69, 9.17) is 29.5 Å². The molecule has 97 heavy (non-hydrogen) atoms. The molecule has 4 heterocycles. The van der Waals surface area contributed by atoms with E-state index in [-0.39, 0.29) is 16.8 Å². The van der Waals surface area contributed by atoms with Gasteiger partial charge in [-0.15, -0.1) is 0 Å². The normalized spacial score (nSPS) is 10.8. The average molecular weight is 1380 g/mol. The van der Waals surface area contributed by atoms with Gasteiger partial charge in [0.1, 0.15) is 23.0 Å². The number of nitrogens with zero attached hydrogens (tertiary/aromatic N) is 10. The van der Waals surface area contributed by atoms with Crippen LogP contribution >= 0.6 is 0 Å². The van der Waals surface area contributed by atoms with Crippen LogP contribution in [0.5, 0.6) is 23.0 Å². The molecular formula is C72H74B2CoF8N10O4. The summed E-state index contributed by atoms with van der Waals surface area (Å²) in [7, 11) is -4.95. The van der Waals surface area contributed by atoms with Crippen LogP contribution in [-0.2, 0) is 43.0 Å². The monoisotopic (exact) mass is 1380 g/mol. The molecule has 25 heteroatoms. The van der Waals surface area contributed by atoms with E-state index in [2.05, 4.69) is 166 Å². The van der Waals surface area contributed by atoms with E-state index in [1.165, 1.54) is 58.4 Å². The molecule has 0 saturated carbocycles. The Labute approximate surface area is 569 Å². The molecule has 12 aromatic rings. The largest absolute Gasteiger partial charge is 2.00 e. The molecule has 0 amide bonds. The summed E-state index contributed by atoms with van der Waals surface area (Å²) in [4.78, 5) is 18.4. The van der Waals surface area contributed by atoms with Crippen molar-refractivity contribution in [3.8, 4) is 57.4 Å². The minimum Gasteiger partial charge on any atom is -0.496 e. The number of benzene rings is 8. The van der Waals surface area contributed by atoms with Gasteiger partial charge in [-0.25, -0.2) is 19.9 Å². The molecule has 0 aliphatic carbocycles. The number of hydrogen-bond acceptors (Lipinski definition) is 10. The summed E-state index contributed by atoms with van der Waals surface area (Å²) in [6.45, 7) is 22.8. The first kappa shape index (κ1) is 75.9. The number of para-hydroxylation sites is 8. The number of ether oxygens (including phenoxy) is 4. The first-order valence-electron chi connectivity index (χ1n) is 30.3. The predicted octanol–water partition coefficient (Wildman–Crippen LogP) is 18.5. The Kier molecular flexibility index (Phi) is 26.2. The number of methoxy groups -OCH3 is 4. The molecule has 0 fully saturated rings. The fourth-order valence-electron chi connectivity index (χ4n) is 11.7. The van der Waals surface area contributed by atoms with E-state index in [0.717, 1.165) is 112 Å². The Morgan fingerprint density at radius 2 is 0.515 bits per heavy atom. The minimum absolute atomic E-state index is 0. The van der Waals surface area contributed by atoms with E-state index in [0.29, 0.717) is 26.2 Å². The molecule has 12 rings (SSSR count). The third-order valence-corrected chi connectivity index (χ3v) is 16.3. The maximum absolute atomic E-state index is 9.75. The number of fused-ring (bicyclic) bond motifs is 4. The van der Waals surface area contributed by atoms with E-state index in [1.54, 1.807) is 40.6 Å². The fraction of sp³-hybridized carbons (Fsp3) is 0.250. The van der Waals surface area contributed by atoms with Gasteiger partial charge >= 0.3 is 31.3 Å². The third kappa shape index (κ3) is 18.3. The number of halogens is 8. The molecule has 4 aromatic heterocycles. The molecule has 0 atom stereocenters. The van der Waals surface area contributed by atoms with Crippen LogP contribution in [0.1, 0.15) is 80.6 Å². The van der Waals surface area contributed by atoms with Crippen LogP contribution in [-0.4, -0.2) is 81.2 Å². The molecule has 0 unspecified atom stereocenters. The van der Waals surface area contributed by atoms with E-state index in [1.807, 2.05) is 73.8 Å². The van der Waals surface area contributed by atoms with Gasteiger partial charge in [-0.05, 0) is 148 Å². The Balaban J connectivity index is 0.000000249. The minimum atomic E-state index is -6.00. The zero-order valence-corrected chi connectivity index (χ0v) is 57.3. The van der Waals surface area contributed by atoms with Gasteiger partial charge in [0.15, 0.2) is 0 Å². The Hall–Kier alpha value is -10.1. The van der Waals surface area contributed by atoms with Gasteiger partial charge in [0, 0.05) is 58.4 Å². The van der Waals surface area contributed by atoms with Crippen LogP contribution in [0.4, 0.5) is 34.5 Å². The molecule has 8 aromatic carbocycles. The molecule has 0 aliphatic heterocycles. The second-order valence-corrected chi connectivity index (χ2v) is 22.4. The van der Waals surface area contributed by atoms with Crippen molar-refractivity contribution in [1.82, 2.24) is 38.2 Å². The second kappa shape index (κ2) is 33.5. The molecule has 0 spiro atoms. The number of aryl methyl sites for hydroxylation is 4. The molecule has 14 nitrogen and oxygen atoms in total. The number of aromatic nitrogens is 8. The first-order valence-corrected chi connectivity index (χ1v) is 30.3. The summed E-state index contributed by atoms with van der Waals surface area (Å²) in [6, 6.07) is 45.3. The van der Waals surface area contributed by atoms with Gasteiger partial charge in [-0.2, -0.15) is 10.5 Å². The standard InChI is InChI=1S/2C34H34N4O2.2C2H3N.2BF4.Co/c2*1-21-15-25(17-37-19-35-27-11-7-9-13-29(27)37)33(39-5)31(23(21)3)32-24(4)22(2)16-26(34(32)40-6)18-38-20-36-28-12-8-10-14-30(28)38;2*1-2-3;2*2-1(3,4)5;/h2*7-16,19-20H,17-18H2,1-6H3;2*1H3;;;/q;;;;2*-1;+2. The van der Waals surface area contributed by atoms with E-state index in [9.17, 15) is 34.5 Å². The van der Waals surface area contributed by atoms with Crippen molar-refractivity contribution in [1.29, 1.82) is 10.5 Å². The van der Waals surface area contributed by atoms with Gasteiger partial charge < -0.3 is 71.7 Å². The van der Waals surface area contributed by atoms with E-state index < -0.39 is 14.5 Å². The molecular weight excluding hydrogens is 1300 g/mol. The van der Waals surface area contributed by atoms with Crippen LogP contribution in [0, 0.1) is 78.1 Å². The van der Waals surface area contributed by atoms with Crippen LogP contribution in [0.2, 0.25) is 0 Å². The van der Waals surface area contributed by atoms with Gasteiger partial charge in [0.05, 0.1) is 136 Å². The molecule has 0 saturated heterocycles. The summed E-state index contributed by atoms with van der Waals surface area (Å²) in [5.74, 6) is 3.47. The van der Waals surface area contributed by atoms with Crippen molar-refractivity contribution in [3.05, 3.63) is 213 Å². The zero-order chi connectivity index (χ0) is 70.3. The van der Waals surface area contributed by atoms with Crippen molar-refractivity contribution in [2.75, 3.05) is 28.4 Å². The zero-order valence-electron chi connectivity index (χ0n) is 56.3. The summed E-state index contributed by atoms with van der Waals surface area (Å²) in [5, 5.41) is 14.6. The van der Waals surface area contributed by atoms with Crippen molar-refractivity contribution >= 4 is 58.6 Å². The number of hydrogen-bond donors (Lipinski definition) is 0. The molecule has 0 N–H and O–H groups in total. The molecule has 0 aliphatic rings. The number of rotatable bonds is 14. The average Bonchev–Trinajstić information content (AvgIpc) is 0.942. The van der Waals surface area contributed by atoms with E-state index >= 15 is 0 Å². The molecule has 507 valence electrons. The van der Waals surface area contributed by atoms with Gasteiger partial charge in [-0.3, -0.25) is 0 Å². The van der Waals surface area contributed by atoms with Gasteiger partial charge in [-0.1, -0.05) is 72.8 Å². The van der Waals surface area contributed by atoms with Crippen LogP contribution in [0.25, 0.3) is 66.4 Å².